The zero-order valence-corrected chi connectivity index (χ0v) is 21.3. The van der Waals surface area contributed by atoms with Crippen LogP contribution in [0.15, 0.2) is 103 Å². The van der Waals surface area contributed by atoms with Gasteiger partial charge >= 0.3 is 12.3 Å². The Bertz CT molecular complexity index is 1420. The summed E-state index contributed by atoms with van der Waals surface area (Å²) >= 11 is 0. The Morgan fingerprint density at radius 3 is 1.77 bits per heavy atom. The summed E-state index contributed by atoms with van der Waals surface area (Å²) in [5, 5.41) is 10.0. The first kappa shape index (κ1) is 28.4. The van der Waals surface area contributed by atoms with Crippen LogP contribution in [0.25, 0.3) is 22.3 Å². The van der Waals surface area contributed by atoms with Crippen molar-refractivity contribution < 1.29 is 32.6 Å². The summed E-state index contributed by atoms with van der Waals surface area (Å²) in [5.41, 5.74) is 10.1. The number of alkyl halides is 3. The van der Waals surface area contributed by atoms with Gasteiger partial charge in [0.25, 0.3) is 5.91 Å². The molecule has 0 bridgehead atoms. The van der Waals surface area contributed by atoms with E-state index < -0.39 is 24.3 Å². The van der Waals surface area contributed by atoms with Crippen LogP contribution in [0.5, 0.6) is 5.75 Å². The van der Waals surface area contributed by atoms with Gasteiger partial charge in [0, 0.05) is 25.1 Å². The second-order valence-electron chi connectivity index (χ2n) is 9.06. The maximum absolute atomic E-state index is 13.4. The van der Waals surface area contributed by atoms with Crippen LogP contribution in [0.4, 0.5) is 13.2 Å². The van der Waals surface area contributed by atoms with Crippen molar-refractivity contribution in [3.8, 4) is 28.0 Å². The predicted octanol–water partition coefficient (Wildman–Crippen LogP) is 6.02. The van der Waals surface area contributed by atoms with Gasteiger partial charge in [0.05, 0.1) is 0 Å². The number of nitrogens with two attached hydrogens (primary N) is 1. The van der Waals surface area contributed by atoms with E-state index in [0.29, 0.717) is 11.1 Å². The first-order valence-corrected chi connectivity index (χ1v) is 12.5. The zero-order valence-electron chi connectivity index (χ0n) is 21.3. The number of hydrogen-bond acceptors (Lipinski definition) is 4. The molecule has 0 saturated heterocycles. The Kier molecular flexibility index (Phi) is 8.86. The summed E-state index contributed by atoms with van der Waals surface area (Å²) in [5.74, 6) is -1.97. The third-order valence-corrected chi connectivity index (χ3v) is 6.34. The lowest BCUT2D eigenvalue weighted by molar-refractivity contribution is -0.274. The average Bonchev–Trinajstić information content (AvgIpc) is 2.95. The maximum Gasteiger partial charge on any atom is 0.573 e. The molecule has 40 heavy (non-hydrogen) atoms. The van der Waals surface area contributed by atoms with Crippen LogP contribution in [0.1, 0.15) is 15.9 Å². The van der Waals surface area contributed by atoms with Crippen molar-refractivity contribution in [3.63, 3.8) is 0 Å². The summed E-state index contributed by atoms with van der Waals surface area (Å²) < 4.78 is 41.1. The molecule has 0 aromatic heterocycles. The third kappa shape index (κ3) is 7.27. The van der Waals surface area contributed by atoms with Crippen molar-refractivity contribution in [2.75, 3.05) is 13.1 Å². The zero-order chi connectivity index (χ0) is 28.7. The van der Waals surface area contributed by atoms with Crippen molar-refractivity contribution in [2.45, 2.75) is 18.8 Å². The quantitative estimate of drug-likeness (QED) is 0.253. The molecule has 0 aliphatic rings. The van der Waals surface area contributed by atoms with E-state index in [1.165, 1.54) is 29.2 Å². The molecule has 1 atom stereocenters. The minimum atomic E-state index is -4.78. The molecule has 0 unspecified atom stereocenters. The van der Waals surface area contributed by atoms with E-state index in [-0.39, 0.29) is 30.8 Å². The third-order valence-electron chi connectivity index (χ3n) is 6.34. The molecule has 0 aliphatic heterocycles. The summed E-state index contributed by atoms with van der Waals surface area (Å²) in [6, 6.07) is 27.9. The van der Waals surface area contributed by atoms with Gasteiger partial charge in [0.2, 0.25) is 0 Å². The molecule has 0 heterocycles. The summed E-state index contributed by atoms with van der Waals surface area (Å²) in [7, 11) is 0. The first-order chi connectivity index (χ1) is 19.1. The van der Waals surface area contributed by atoms with Crippen LogP contribution < -0.4 is 10.5 Å². The molecule has 4 aromatic carbocycles. The smallest absolute Gasteiger partial charge is 0.480 e. The normalized spacial score (nSPS) is 12.0. The molecular formula is C31H27F3N2O4. The fourth-order valence-electron chi connectivity index (χ4n) is 4.38. The van der Waals surface area contributed by atoms with Crippen molar-refractivity contribution in [2.24, 2.45) is 5.73 Å². The Morgan fingerprint density at radius 1 is 0.775 bits per heavy atom. The fraction of sp³-hybridized carbons (Fsp3) is 0.161. The number of carboxylic acids is 1. The molecule has 6 nitrogen and oxygen atoms in total. The summed E-state index contributed by atoms with van der Waals surface area (Å²) in [6.07, 6.45) is -4.68. The van der Waals surface area contributed by atoms with Crippen LogP contribution in [0.2, 0.25) is 0 Å². The van der Waals surface area contributed by atoms with E-state index in [2.05, 4.69) is 4.74 Å². The van der Waals surface area contributed by atoms with Gasteiger partial charge in [0.15, 0.2) is 0 Å². The highest BCUT2D eigenvalue weighted by Crippen LogP contribution is 2.27. The van der Waals surface area contributed by atoms with Gasteiger partial charge in [-0.1, -0.05) is 78.9 Å². The highest BCUT2D eigenvalue weighted by atomic mass is 19.4. The topological polar surface area (TPSA) is 92.9 Å². The number of halogens is 3. The highest BCUT2D eigenvalue weighted by molar-refractivity contribution is 5.97. The number of rotatable bonds is 10. The Labute approximate surface area is 229 Å². The Balaban J connectivity index is 1.50. The molecule has 0 radical (unpaired) electrons. The molecule has 4 rings (SSSR count). The van der Waals surface area contributed by atoms with Crippen LogP contribution in [0.3, 0.4) is 0 Å². The molecule has 9 heteroatoms. The number of nitrogens with zero attached hydrogens (tertiary/aromatic N) is 1. The number of amides is 1. The number of hydrogen-bond donors (Lipinski definition) is 2. The number of benzene rings is 4. The van der Waals surface area contributed by atoms with E-state index in [1.54, 1.807) is 24.3 Å². The first-order valence-electron chi connectivity index (χ1n) is 12.5. The monoisotopic (exact) mass is 548 g/mol. The Morgan fingerprint density at radius 2 is 1.27 bits per heavy atom. The number of ether oxygens (including phenoxy) is 1. The highest BCUT2D eigenvalue weighted by Gasteiger charge is 2.31. The van der Waals surface area contributed by atoms with Crippen molar-refractivity contribution in [1.82, 2.24) is 4.90 Å². The SMILES string of the molecule is NCCN(C(=O)c1ccc(-c2ccc(OC(F)(F)F)cc2)cc1)[C@@H](Cc1ccc(-c2ccccc2)cc1)C(=O)O. The lowest BCUT2D eigenvalue weighted by Crippen LogP contribution is -2.48. The average molecular weight is 549 g/mol. The van der Waals surface area contributed by atoms with Crippen molar-refractivity contribution in [3.05, 3.63) is 114 Å². The molecule has 3 N–H and O–H groups in total. The van der Waals surface area contributed by atoms with Crippen LogP contribution in [-0.2, 0) is 11.2 Å². The van der Waals surface area contributed by atoms with E-state index in [0.717, 1.165) is 16.7 Å². The van der Waals surface area contributed by atoms with Gasteiger partial charge in [0.1, 0.15) is 11.8 Å². The molecule has 0 spiro atoms. The Hall–Kier alpha value is -4.63. The molecular weight excluding hydrogens is 521 g/mol. The molecule has 206 valence electrons. The lowest BCUT2D eigenvalue weighted by atomic mass is 9.99. The molecule has 0 saturated carbocycles. The molecule has 0 fully saturated rings. The number of aliphatic carboxylic acids is 1. The molecule has 4 aromatic rings. The van der Waals surface area contributed by atoms with Crippen LogP contribution >= 0.6 is 0 Å². The van der Waals surface area contributed by atoms with E-state index in [9.17, 15) is 27.9 Å². The van der Waals surface area contributed by atoms with Gasteiger partial charge in [-0.25, -0.2) is 4.79 Å². The standard InChI is InChI=1S/C31H27F3N2O4/c32-31(33,34)40-27-16-14-25(15-17-27)24-10-12-26(13-11-24)29(37)36(19-18-35)28(30(38)39)20-21-6-8-23(9-7-21)22-4-2-1-3-5-22/h1-17,28H,18-20,35H2,(H,38,39)/t28-/m0/s1. The predicted molar refractivity (Wildman–Crippen MR) is 146 cm³/mol. The van der Waals surface area contributed by atoms with Crippen molar-refractivity contribution in [1.29, 1.82) is 0 Å². The van der Waals surface area contributed by atoms with Gasteiger partial charge in [-0.3, -0.25) is 4.79 Å². The van der Waals surface area contributed by atoms with Gasteiger partial charge in [-0.2, -0.15) is 0 Å². The molecule has 1 amide bonds. The van der Waals surface area contributed by atoms with Gasteiger partial charge < -0.3 is 20.5 Å². The summed E-state index contributed by atoms with van der Waals surface area (Å²) in [4.78, 5) is 27.0. The largest absolute Gasteiger partial charge is 0.573 e. The minimum absolute atomic E-state index is 0.0420. The van der Waals surface area contributed by atoms with E-state index in [4.69, 9.17) is 5.73 Å². The lowest BCUT2D eigenvalue weighted by Gasteiger charge is -2.29. The van der Waals surface area contributed by atoms with Crippen molar-refractivity contribution >= 4 is 11.9 Å². The van der Waals surface area contributed by atoms with Gasteiger partial charge in [-0.05, 0) is 52.1 Å². The maximum atomic E-state index is 13.4. The number of carbonyl (C=O) groups excluding carboxylic acids is 1. The second-order valence-corrected chi connectivity index (χ2v) is 9.06. The van der Waals surface area contributed by atoms with Crippen LogP contribution in [0, 0.1) is 0 Å². The number of carbonyl (C=O) groups is 2. The summed E-state index contributed by atoms with van der Waals surface area (Å²) in [6.45, 7) is 0.118. The number of carboxylic acid groups (broad SMARTS) is 1. The van der Waals surface area contributed by atoms with Crippen LogP contribution in [-0.4, -0.2) is 47.4 Å². The molecule has 0 aliphatic carbocycles. The second kappa shape index (κ2) is 12.5. The fourth-order valence-corrected chi connectivity index (χ4v) is 4.38. The van der Waals surface area contributed by atoms with E-state index >= 15 is 0 Å². The van der Waals surface area contributed by atoms with Gasteiger partial charge in [-0.15, -0.1) is 13.2 Å². The minimum Gasteiger partial charge on any atom is -0.480 e. The van der Waals surface area contributed by atoms with E-state index in [1.807, 2.05) is 54.6 Å².